The standard InChI is InChI=1S/C12H24ClNO/c1-11(2)14(7-3-6-13)10-12-4-8-15-9-5-12/h11-12H,3-10H2,1-2H3. The maximum atomic E-state index is 5.75. The third-order valence-electron chi connectivity index (χ3n) is 3.14. The van der Waals surface area contributed by atoms with Crippen molar-refractivity contribution in [1.29, 1.82) is 0 Å². The molecule has 0 amide bonds. The molecule has 3 heteroatoms. The summed E-state index contributed by atoms with van der Waals surface area (Å²) in [5, 5.41) is 0. The number of halogens is 1. The molecular formula is C12H24ClNO. The van der Waals surface area contributed by atoms with Gasteiger partial charge in [0.1, 0.15) is 0 Å². The molecule has 0 aromatic carbocycles. The highest BCUT2D eigenvalue weighted by Crippen LogP contribution is 2.17. The lowest BCUT2D eigenvalue weighted by molar-refractivity contribution is 0.0478. The van der Waals surface area contributed by atoms with Gasteiger partial charge < -0.3 is 9.64 Å². The highest BCUT2D eigenvalue weighted by molar-refractivity contribution is 6.17. The summed E-state index contributed by atoms with van der Waals surface area (Å²) in [6.45, 7) is 8.80. The largest absolute Gasteiger partial charge is 0.381 e. The monoisotopic (exact) mass is 233 g/mol. The van der Waals surface area contributed by atoms with Crippen molar-refractivity contribution in [2.24, 2.45) is 5.92 Å². The second kappa shape index (κ2) is 7.48. The zero-order valence-corrected chi connectivity index (χ0v) is 10.8. The third-order valence-corrected chi connectivity index (χ3v) is 3.41. The van der Waals surface area contributed by atoms with Crippen LogP contribution in [0.1, 0.15) is 33.1 Å². The summed E-state index contributed by atoms with van der Waals surface area (Å²) in [7, 11) is 0. The van der Waals surface area contributed by atoms with Crippen molar-refractivity contribution in [2.75, 3.05) is 32.2 Å². The van der Waals surface area contributed by atoms with Crippen molar-refractivity contribution in [3.05, 3.63) is 0 Å². The molecule has 1 aliphatic heterocycles. The molecule has 90 valence electrons. The van der Waals surface area contributed by atoms with Crippen LogP contribution in [-0.4, -0.2) is 43.1 Å². The van der Waals surface area contributed by atoms with Crippen LogP contribution in [0.4, 0.5) is 0 Å². The molecule has 15 heavy (non-hydrogen) atoms. The van der Waals surface area contributed by atoms with Gasteiger partial charge in [0, 0.05) is 31.7 Å². The Morgan fingerprint density at radius 1 is 1.33 bits per heavy atom. The maximum Gasteiger partial charge on any atom is 0.0469 e. The van der Waals surface area contributed by atoms with Crippen molar-refractivity contribution in [3.8, 4) is 0 Å². The molecule has 1 fully saturated rings. The summed E-state index contributed by atoms with van der Waals surface area (Å²) in [6.07, 6.45) is 3.55. The lowest BCUT2D eigenvalue weighted by Gasteiger charge is -2.32. The van der Waals surface area contributed by atoms with Gasteiger partial charge in [-0.05, 0) is 45.6 Å². The van der Waals surface area contributed by atoms with Gasteiger partial charge >= 0.3 is 0 Å². The summed E-state index contributed by atoms with van der Waals surface area (Å²) >= 11 is 5.75. The Balaban J connectivity index is 2.28. The van der Waals surface area contributed by atoms with Crippen LogP contribution in [0.2, 0.25) is 0 Å². The van der Waals surface area contributed by atoms with E-state index in [0.29, 0.717) is 6.04 Å². The number of ether oxygens (including phenoxy) is 1. The molecule has 0 radical (unpaired) electrons. The minimum Gasteiger partial charge on any atom is -0.381 e. The van der Waals surface area contributed by atoms with Crippen LogP contribution in [0.5, 0.6) is 0 Å². The van der Waals surface area contributed by atoms with Crippen molar-refractivity contribution in [1.82, 2.24) is 4.90 Å². The van der Waals surface area contributed by atoms with Gasteiger partial charge in [0.2, 0.25) is 0 Å². The molecule has 0 aliphatic carbocycles. The van der Waals surface area contributed by atoms with Crippen molar-refractivity contribution in [2.45, 2.75) is 39.2 Å². The fourth-order valence-electron chi connectivity index (χ4n) is 2.08. The summed E-state index contributed by atoms with van der Waals surface area (Å²) in [6, 6.07) is 0.635. The van der Waals surface area contributed by atoms with Gasteiger partial charge in [-0.1, -0.05) is 0 Å². The molecule has 0 unspecified atom stereocenters. The average Bonchev–Trinajstić information content (AvgIpc) is 2.25. The first-order chi connectivity index (χ1) is 7.24. The molecule has 2 nitrogen and oxygen atoms in total. The molecule has 0 aromatic heterocycles. The first-order valence-corrected chi connectivity index (χ1v) is 6.65. The Morgan fingerprint density at radius 3 is 2.53 bits per heavy atom. The highest BCUT2D eigenvalue weighted by Gasteiger charge is 2.18. The molecule has 0 bridgehead atoms. The number of hydrogen-bond donors (Lipinski definition) is 0. The van der Waals surface area contributed by atoms with Gasteiger partial charge in [-0.15, -0.1) is 11.6 Å². The van der Waals surface area contributed by atoms with E-state index in [1.54, 1.807) is 0 Å². The number of alkyl halides is 1. The van der Waals surface area contributed by atoms with Crippen LogP contribution < -0.4 is 0 Å². The summed E-state index contributed by atoms with van der Waals surface area (Å²) in [4.78, 5) is 2.55. The van der Waals surface area contributed by atoms with E-state index in [1.165, 1.54) is 19.4 Å². The molecule has 1 heterocycles. The van der Waals surface area contributed by atoms with Crippen LogP contribution in [0.25, 0.3) is 0 Å². The Labute approximate surface area is 98.9 Å². The van der Waals surface area contributed by atoms with Gasteiger partial charge in [-0.25, -0.2) is 0 Å². The van der Waals surface area contributed by atoms with E-state index in [0.717, 1.165) is 38.0 Å². The lowest BCUT2D eigenvalue weighted by Crippen LogP contribution is -2.38. The van der Waals surface area contributed by atoms with Crippen molar-refractivity contribution >= 4 is 11.6 Å². The Kier molecular flexibility index (Phi) is 6.62. The van der Waals surface area contributed by atoms with Crippen molar-refractivity contribution in [3.63, 3.8) is 0 Å². The third kappa shape index (κ3) is 5.19. The molecule has 1 rings (SSSR count). The maximum absolute atomic E-state index is 5.75. The molecule has 0 saturated carbocycles. The number of rotatable bonds is 6. The van der Waals surface area contributed by atoms with E-state index in [4.69, 9.17) is 16.3 Å². The van der Waals surface area contributed by atoms with Gasteiger partial charge in [0.05, 0.1) is 0 Å². The van der Waals surface area contributed by atoms with E-state index < -0.39 is 0 Å². The van der Waals surface area contributed by atoms with Gasteiger partial charge in [-0.2, -0.15) is 0 Å². The zero-order valence-electron chi connectivity index (χ0n) is 10.0. The first-order valence-electron chi connectivity index (χ1n) is 6.11. The minimum atomic E-state index is 0.635. The smallest absolute Gasteiger partial charge is 0.0469 e. The van der Waals surface area contributed by atoms with E-state index >= 15 is 0 Å². The second-order valence-corrected chi connectivity index (χ2v) is 5.06. The predicted molar refractivity (Wildman–Crippen MR) is 65.6 cm³/mol. The van der Waals surface area contributed by atoms with Gasteiger partial charge in [0.15, 0.2) is 0 Å². The van der Waals surface area contributed by atoms with E-state index in [1.807, 2.05) is 0 Å². The van der Waals surface area contributed by atoms with Crippen LogP contribution in [0, 0.1) is 5.92 Å². The topological polar surface area (TPSA) is 12.5 Å². The zero-order chi connectivity index (χ0) is 11.1. The highest BCUT2D eigenvalue weighted by atomic mass is 35.5. The second-order valence-electron chi connectivity index (χ2n) is 4.69. The molecule has 1 aliphatic rings. The fraction of sp³-hybridized carbons (Fsp3) is 1.00. The quantitative estimate of drug-likeness (QED) is 0.655. The van der Waals surface area contributed by atoms with Crippen LogP contribution in [-0.2, 0) is 4.74 Å². The SMILES string of the molecule is CC(C)N(CCCCl)CC1CCOCC1. The molecule has 0 aromatic rings. The normalized spacial score (nSPS) is 19.0. The molecule has 0 atom stereocenters. The van der Waals surface area contributed by atoms with Crippen LogP contribution in [0.15, 0.2) is 0 Å². The summed E-state index contributed by atoms with van der Waals surface area (Å²) < 4.78 is 5.38. The fourth-order valence-corrected chi connectivity index (χ4v) is 2.20. The van der Waals surface area contributed by atoms with Gasteiger partial charge in [-0.3, -0.25) is 0 Å². The molecule has 0 N–H and O–H groups in total. The lowest BCUT2D eigenvalue weighted by atomic mass is 9.99. The predicted octanol–water partition coefficient (Wildman–Crippen LogP) is 2.75. The van der Waals surface area contributed by atoms with E-state index in [9.17, 15) is 0 Å². The van der Waals surface area contributed by atoms with E-state index in [-0.39, 0.29) is 0 Å². The number of nitrogens with zero attached hydrogens (tertiary/aromatic N) is 1. The molecular weight excluding hydrogens is 210 g/mol. The summed E-state index contributed by atoms with van der Waals surface area (Å²) in [5.74, 6) is 1.60. The van der Waals surface area contributed by atoms with Crippen LogP contribution >= 0.6 is 11.6 Å². The number of hydrogen-bond acceptors (Lipinski definition) is 2. The van der Waals surface area contributed by atoms with E-state index in [2.05, 4.69) is 18.7 Å². The van der Waals surface area contributed by atoms with Crippen LogP contribution in [0.3, 0.4) is 0 Å². The first kappa shape index (κ1) is 13.3. The van der Waals surface area contributed by atoms with Gasteiger partial charge in [0.25, 0.3) is 0 Å². The summed E-state index contributed by atoms with van der Waals surface area (Å²) in [5.41, 5.74) is 0. The molecule has 1 saturated heterocycles. The minimum absolute atomic E-state index is 0.635. The Morgan fingerprint density at radius 2 is 2.00 bits per heavy atom. The Hall–Kier alpha value is 0.210. The molecule has 0 spiro atoms. The van der Waals surface area contributed by atoms with Crippen molar-refractivity contribution < 1.29 is 4.74 Å². The average molecular weight is 234 g/mol. The Bertz CT molecular complexity index is 158.